The van der Waals surface area contributed by atoms with E-state index in [9.17, 15) is 0 Å². The number of rotatable bonds is 3. The summed E-state index contributed by atoms with van der Waals surface area (Å²) in [5.41, 5.74) is 1.15. The molecule has 0 aliphatic rings. The van der Waals surface area contributed by atoms with Gasteiger partial charge in [-0.1, -0.05) is 18.2 Å². The van der Waals surface area contributed by atoms with Gasteiger partial charge in [0.25, 0.3) is 0 Å². The van der Waals surface area contributed by atoms with Gasteiger partial charge >= 0.3 is 0 Å². The Hall–Kier alpha value is -0.760. The molecule has 0 saturated carbocycles. The van der Waals surface area contributed by atoms with Gasteiger partial charge in [0, 0.05) is 12.4 Å². The van der Waals surface area contributed by atoms with E-state index >= 15 is 0 Å². The maximum atomic E-state index is 4.10. The first-order valence-electron chi connectivity index (χ1n) is 3.61. The van der Waals surface area contributed by atoms with E-state index in [4.69, 9.17) is 0 Å². The molecule has 0 radical (unpaired) electrons. The molecule has 0 amide bonds. The molecule has 1 aromatic rings. The molecule has 0 aliphatic heterocycles. The lowest BCUT2D eigenvalue weighted by Crippen LogP contribution is -1.73. The van der Waals surface area contributed by atoms with Gasteiger partial charge < -0.3 is 0 Å². The highest BCUT2D eigenvalue weighted by molar-refractivity contribution is 7.80. The molecule has 0 bridgehead atoms. The third-order valence-corrected chi connectivity index (χ3v) is 1.55. The van der Waals surface area contributed by atoms with E-state index in [-0.39, 0.29) is 0 Å². The number of thiol groups is 1. The SMILES string of the molecule is SCCC=Cc1cccnc1. The Morgan fingerprint density at radius 3 is 3.09 bits per heavy atom. The fraction of sp³-hybridized carbons (Fsp3) is 0.222. The lowest BCUT2D eigenvalue weighted by molar-refractivity contribution is 1.26. The zero-order chi connectivity index (χ0) is 7.94. The third-order valence-electron chi connectivity index (χ3n) is 1.29. The first-order valence-corrected chi connectivity index (χ1v) is 4.24. The first-order chi connectivity index (χ1) is 5.43. The normalized spacial score (nSPS) is 10.6. The van der Waals surface area contributed by atoms with Gasteiger partial charge in [-0.15, -0.1) is 0 Å². The lowest BCUT2D eigenvalue weighted by atomic mass is 10.2. The van der Waals surface area contributed by atoms with Crippen molar-refractivity contribution in [2.24, 2.45) is 0 Å². The van der Waals surface area contributed by atoms with E-state index < -0.39 is 0 Å². The van der Waals surface area contributed by atoms with Crippen molar-refractivity contribution >= 4 is 18.7 Å². The molecule has 1 heterocycles. The summed E-state index contributed by atoms with van der Waals surface area (Å²) in [5, 5.41) is 0. The van der Waals surface area contributed by atoms with Crippen LogP contribution in [-0.2, 0) is 0 Å². The monoisotopic (exact) mass is 165 g/mol. The Labute approximate surface area is 72.6 Å². The van der Waals surface area contributed by atoms with E-state index in [1.165, 1.54) is 0 Å². The van der Waals surface area contributed by atoms with Crippen molar-refractivity contribution in [3.8, 4) is 0 Å². The Balaban J connectivity index is 2.50. The topological polar surface area (TPSA) is 12.9 Å². The maximum absolute atomic E-state index is 4.10. The summed E-state index contributed by atoms with van der Waals surface area (Å²) in [6.45, 7) is 0. The molecule has 58 valence electrons. The van der Waals surface area contributed by atoms with Crippen molar-refractivity contribution in [3.63, 3.8) is 0 Å². The Kier molecular flexibility index (Phi) is 3.76. The second-order valence-corrected chi connectivity index (χ2v) is 2.65. The summed E-state index contributed by atoms with van der Waals surface area (Å²) in [7, 11) is 0. The van der Waals surface area contributed by atoms with Crippen molar-refractivity contribution in [2.75, 3.05) is 5.75 Å². The fourth-order valence-electron chi connectivity index (χ4n) is 0.769. The summed E-state index contributed by atoms with van der Waals surface area (Å²) in [6.07, 6.45) is 8.79. The zero-order valence-corrected chi connectivity index (χ0v) is 7.17. The van der Waals surface area contributed by atoms with Gasteiger partial charge in [-0.05, 0) is 23.8 Å². The van der Waals surface area contributed by atoms with Crippen molar-refractivity contribution < 1.29 is 0 Å². The second kappa shape index (κ2) is 4.97. The minimum Gasteiger partial charge on any atom is -0.264 e. The maximum Gasteiger partial charge on any atom is 0.0340 e. The first kappa shape index (κ1) is 8.34. The van der Waals surface area contributed by atoms with Crippen LogP contribution in [0.15, 0.2) is 30.6 Å². The molecule has 0 aromatic carbocycles. The lowest BCUT2D eigenvalue weighted by Gasteiger charge is -1.88. The quantitative estimate of drug-likeness (QED) is 0.679. The number of pyridine rings is 1. The van der Waals surface area contributed by atoms with Crippen LogP contribution in [0.5, 0.6) is 0 Å². The highest BCUT2D eigenvalue weighted by atomic mass is 32.1. The number of hydrogen-bond donors (Lipinski definition) is 1. The van der Waals surface area contributed by atoms with Crippen LogP contribution >= 0.6 is 12.6 Å². The molecule has 11 heavy (non-hydrogen) atoms. The van der Waals surface area contributed by atoms with Crippen LogP contribution < -0.4 is 0 Å². The summed E-state index contributed by atoms with van der Waals surface area (Å²) >= 11 is 4.10. The van der Waals surface area contributed by atoms with E-state index in [1.54, 1.807) is 6.20 Å². The third kappa shape index (κ3) is 3.23. The van der Waals surface area contributed by atoms with Gasteiger partial charge in [0.05, 0.1) is 0 Å². The minimum absolute atomic E-state index is 0.900. The predicted octanol–water partition coefficient (Wildman–Crippen LogP) is 2.41. The summed E-state index contributed by atoms with van der Waals surface area (Å²) < 4.78 is 0. The van der Waals surface area contributed by atoms with Gasteiger partial charge in [0.15, 0.2) is 0 Å². The van der Waals surface area contributed by atoms with Crippen LogP contribution in [0.4, 0.5) is 0 Å². The van der Waals surface area contributed by atoms with Gasteiger partial charge in [0.2, 0.25) is 0 Å². The average Bonchev–Trinajstić information content (AvgIpc) is 2.07. The Morgan fingerprint density at radius 1 is 1.55 bits per heavy atom. The zero-order valence-electron chi connectivity index (χ0n) is 6.27. The van der Waals surface area contributed by atoms with E-state index in [1.807, 2.05) is 18.3 Å². The van der Waals surface area contributed by atoms with Gasteiger partial charge in [0.1, 0.15) is 0 Å². The molecule has 1 aromatic heterocycles. The minimum atomic E-state index is 0.900. The number of nitrogens with zero attached hydrogens (tertiary/aromatic N) is 1. The van der Waals surface area contributed by atoms with Crippen molar-refractivity contribution in [1.29, 1.82) is 0 Å². The number of allylic oxidation sites excluding steroid dienone is 1. The molecular formula is C9H11NS. The second-order valence-electron chi connectivity index (χ2n) is 2.20. The van der Waals surface area contributed by atoms with Crippen LogP contribution in [0.25, 0.3) is 6.08 Å². The fourth-order valence-corrected chi connectivity index (χ4v) is 0.918. The molecule has 2 heteroatoms. The van der Waals surface area contributed by atoms with Gasteiger partial charge in [-0.25, -0.2) is 0 Å². The highest BCUT2D eigenvalue weighted by Crippen LogP contribution is 1.99. The summed E-state index contributed by atoms with van der Waals surface area (Å²) in [6, 6.07) is 3.96. The predicted molar refractivity (Wildman–Crippen MR) is 51.7 cm³/mol. The Morgan fingerprint density at radius 2 is 2.45 bits per heavy atom. The summed E-state index contributed by atoms with van der Waals surface area (Å²) in [5.74, 6) is 0.900. The molecular weight excluding hydrogens is 154 g/mol. The van der Waals surface area contributed by atoms with Gasteiger partial charge in [-0.2, -0.15) is 12.6 Å². The highest BCUT2D eigenvalue weighted by Gasteiger charge is 1.81. The molecule has 0 fully saturated rings. The van der Waals surface area contributed by atoms with Crippen molar-refractivity contribution in [1.82, 2.24) is 4.98 Å². The van der Waals surface area contributed by atoms with Gasteiger partial charge in [-0.3, -0.25) is 4.98 Å². The molecule has 0 atom stereocenters. The molecule has 0 spiro atoms. The number of hydrogen-bond acceptors (Lipinski definition) is 2. The molecule has 0 aliphatic carbocycles. The van der Waals surface area contributed by atoms with Crippen molar-refractivity contribution in [3.05, 3.63) is 36.2 Å². The largest absolute Gasteiger partial charge is 0.264 e. The molecule has 0 N–H and O–H groups in total. The van der Waals surface area contributed by atoms with Crippen LogP contribution in [0.2, 0.25) is 0 Å². The smallest absolute Gasteiger partial charge is 0.0340 e. The standard InChI is InChI=1S/C9H11NS/c11-7-2-1-4-9-5-3-6-10-8-9/h1,3-6,8,11H,2,7H2. The number of aromatic nitrogens is 1. The van der Waals surface area contributed by atoms with Crippen molar-refractivity contribution in [2.45, 2.75) is 6.42 Å². The van der Waals surface area contributed by atoms with Crippen LogP contribution in [0.1, 0.15) is 12.0 Å². The summed E-state index contributed by atoms with van der Waals surface area (Å²) in [4.78, 5) is 3.99. The molecule has 0 saturated heterocycles. The molecule has 1 nitrogen and oxygen atoms in total. The van der Waals surface area contributed by atoms with E-state index in [0.29, 0.717) is 0 Å². The van der Waals surface area contributed by atoms with Crippen LogP contribution in [0, 0.1) is 0 Å². The van der Waals surface area contributed by atoms with E-state index in [2.05, 4.69) is 29.8 Å². The van der Waals surface area contributed by atoms with E-state index in [0.717, 1.165) is 17.7 Å². The average molecular weight is 165 g/mol. The van der Waals surface area contributed by atoms with Crippen LogP contribution in [0.3, 0.4) is 0 Å². The molecule has 0 unspecified atom stereocenters. The van der Waals surface area contributed by atoms with Crippen LogP contribution in [-0.4, -0.2) is 10.7 Å². The molecule has 1 rings (SSSR count). The Bertz CT molecular complexity index is 218.